The van der Waals surface area contributed by atoms with Crippen molar-refractivity contribution in [3.8, 4) is 0 Å². The van der Waals surface area contributed by atoms with Gasteiger partial charge in [-0.3, -0.25) is 5.43 Å². The van der Waals surface area contributed by atoms with Gasteiger partial charge in [-0.05, 0) is 25.1 Å². The van der Waals surface area contributed by atoms with Gasteiger partial charge in [-0.25, -0.2) is 4.98 Å². The largest absolute Gasteiger partial charge is 0.253 e. The number of nitrogens with one attached hydrogen (secondary N) is 1. The van der Waals surface area contributed by atoms with Gasteiger partial charge < -0.3 is 0 Å². The molecule has 1 N–H and O–H groups in total. The van der Waals surface area contributed by atoms with Crippen molar-refractivity contribution in [1.82, 2.24) is 4.98 Å². The first kappa shape index (κ1) is 12.4. The highest BCUT2D eigenvalue weighted by molar-refractivity contribution is 7.13. The van der Waals surface area contributed by atoms with E-state index in [4.69, 9.17) is 23.2 Å². The average Bonchev–Trinajstić information content (AvgIpc) is 2.69. The number of thiazole rings is 1. The van der Waals surface area contributed by atoms with Crippen LogP contribution in [-0.4, -0.2) is 11.2 Å². The maximum absolute atomic E-state index is 5.99. The van der Waals surface area contributed by atoms with Gasteiger partial charge in [0.25, 0.3) is 0 Å². The van der Waals surface area contributed by atoms with E-state index in [1.165, 1.54) is 11.3 Å². The Morgan fingerprint density at radius 1 is 1.41 bits per heavy atom. The molecular weight excluding hydrogens is 277 g/mol. The van der Waals surface area contributed by atoms with Crippen molar-refractivity contribution in [3.63, 3.8) is 0 Å². The summed E-state index contributed by atoms with van der Waals surface area (Å²) < 4.78 is 0. The van der Waals surface area contributed by atoms with Crippen LogP contribution in [0.15, 0.2) is 28.7 Å². The third-order valence-corrected chi connectivity index (χ3v) is 3.38. The van der Waals surface area contributed by atoms with Gasteiger partial charge in [-0.1, -0.05) is 23.2 Å². The van der Waals surface area contributed by atoms with E-state index in [-0.39, 0.29) is 0 Å². The van der Waals surface area contributed by atoms with E-state index in [1.807, 2.05) is 12.3 Å². The molecule has 17 heavy (non-hydrogen) atoms. The lowest BCUT2D eigenvalue weighted by Gasteiger charge is -1.98. The molecule has 0 aliphatic rings. The third kappa shape index (κ3) is 3.43. The molecule has 0 unspecified atom stereocenters. The fourth-order valence-electron chi connectivity index (χ4n) is 1.18. The Balaban J connectivity index is 2.07. The first-order chi connectivity index (χ1) is 8.15. The van der Waals surface area contributed by atoms with Crippen molar-refractivity contribution >= 4 is 45.9 Å². The molecule has 0 aliphatic carbocycles. The number of aromatic nitrogens is 1. The number of hydrogen-bond acceptors (Lipinski definition) is 4. The van der Waals surface area contributed by atoms with Crippen LogP contribution in [0.3, 0.4) is 0 Å². The van der Waals surface area contributed by atoms with Gasteiger partial charge in [0.15, 0.2) is 0 Å². The number of halogens is 2. The highest BCUT2D eigenvalue weighted by atomic mass is 35.5. The molecule has 2 aromatic rings. The van der Waals surface area contributed by atoms with Crippen molar-refractivity contribution in [1.29, 1.82) is 0 Å². The van der Waals surface area contributed by atoms with Crippen molar-refractivity contribution in [2.24, 2.45) is 5.10 Å². The van der Waals surface area contributed by atoms with Crippen LogP contribution in [-0.2, 0) is 0 Å². The first-order valence-corrected chi connectivity index (χ1v) is 6.45. The Morgan fingerprint density at radius 2 is 2.24 bits per heavy atom. The molecule has 1 heterocycles. The summed E-state index contributed by atoms with van der Waals surface area (Å²) in [6.07, 6.45) is 1.62. The molecule has 0 amide bonds. The van der Waals surface area contributed by atoms with Crippen LogP contribution in [0, 0.1) is 6.92 Å². The van der Waals surface area contributed by atoms with E-state index >= 15 is 0 Å². The number of anilines is 1. The van der Waals surface area contributed by atoms with Gasteiger partial charge in [0.05, 0.1) is 11.9 Å². The van der Waals surface area contributed by atoms with Gasteiger partial charge in [0, 0.05) is 21.0 Å². The summed E-state index contributed by atoms with van der Waals surface area (Å²) >= 11 is 13.4. The fraction of sp³-hybridized carbons (Fsp3) is 0.0909. The van der Waals surface area contributed by atoms with E-state index in [0.29, 0.717) is 10.0 Å². The minimum absolute atomic E-state index is 0.607. The van der Waals surface area contributed by atoms with E-state index in [9.17, 15) is 0 Å². The molecule has 88 valence electrons. The quantitative estimate of drug-likeness (QED) is 0.678. The van der Waals surface area contributed by atoms with Crippen molar-refractivity contribution in [3.05, 3.63) is 44.9 Å². The number of rotatable bonds is 3. The predicted octanol–water partition coefficient (Wildman–Crippen LogP) is 4.20. The Kier molecular flexibility index (Phi) is 3.99. The Labute approximate surface area is 113 Å². The molecule has 0 spiro atoms. The summed E-state index contributed by atoms with van der Waals surface area (Å²) in [5.74, 6) is 0. The molecule has 3 nitrogen and oxygen atoms in total. The zero-order valence-electron chi connectivity index (χ0n) is 8.95. The number of benzene rings is 1. The molecule has 6 heteroatoms. The van der Waals surface area contributed by atoms with E-state index < -0.39 is 0 Å². The molecule has 0 aliphatic heterocycles. The topological polar surface area (TPSA) is 37.3 Å². The lowest BCUT2D eigenvalue weighted by molar-refractivity contribution is 1.22. The maximum Gasteiger partial charge on any atom is 0.203 e. The number of aryl methyl sites for hydroxylation is 1. The van der Waals surface area contributed by atoms with Crippen LogP contribution in [0.2, 0.25) is 10.0 Å². The fourth-order valence-corrected chi connectivity index (χ4v) is 2.16. The summed E-state index contributed by atoms with van der Waals surface area (Å²) in [6, 6.07) is 5.22. The second-order valence-corrected chi connectivity index (χ2v) is 5.03. The van der Waals surface area contributed by atoms with E-state index in [0.717, 1.165) is 16.4 Å². The molecule has 2 rings (SSSR count). The summed E-state index contributed by atoms with van der Waals surface area (Å²) in [4.78, 5) is 4.22. The molecule has 0 atom stereocenters. The Bertz CT molecular complexity index is 551. The average molecular weight is 286 g/mol. The van der Waals surface area contributed by atoms with Gasteiger partial charge in [0.1, 0.15) is 0 Å². The Hall–Kier alpha value is -1.10. The number of hydrogen-bond donors (Lipinski definition) is 1. The first-order valence-electron chi connectivity index (χ1n) is 4.81. The highest BCUT2D eigenvalue weighted by Crippen LogP contribution is 2.19. The standard InChI is InChI=1S/C11H9Cl2N3S/c1-7-6-17-11(15-7)16-14-5-8-4-9(12)2-3-10(8)13/h2-6H,1H3,(H,15,16)/b14-5-. The van der Waals surface area contributed by atoms with Gasteiger partial charge in [-0.2, -0.15) is 5.10 Å². The Morgan fingerprint density at radius 3 is 2.94 bits per heavy atom. The third-order valence-electron chi connectivity index (χ3n) is 1.94. The zero-order chi connectivity index (χ0) is 12.3. The molecule has 1 aromatic heterocycles. The lowest BCUT2D eigenvalue weighted by atomic mass is 10.2. The molecule has 0 bridgehead atoms. The van der Waals surface area contributed by atoms with Gasteiger partial charge >= 0.3 is 0 Å². The minimum atomic E-state index is 0.607. The second-order valence-electron chi connectivity index (χ2n) is 3.33. The lowest BCUT2D eigenvalue weighted by Crippen LogP contribution is -1.90. The predicted molar refractivity (Wildman–Crippen MR) is 74.5 cm³/mol. The summed E-state index contributed by atoms with van der Waals surface area (Å²) in [5, 5.41) is 7.99. The molecule has 1 aromatic carbocycles. The van der Waals surface area contributed by atoms with Crippen molar-refractivity contribution in [2.75, 3.05) is 5.43 Å². The summed E-state index contributed by atoms with van der Waals surface area (Å²) in [5.41, 5.74) is 4.57. The number of hydrazone groups is 1. The van der Waals surface area contributed by atoms with Crippen LogP contribution in [0.5, 0.6) is 0 Å². The van der Waals surface area contributed by atoms with Gasteiger partial charge in [0.2, 0.25) is 5.13 Å². The van der Waals surface area contributed by atoms with Crippen LogP contribution in [0.25, 0.3) is 0 Å². The van der Waals surface area contributed by atoms with Crippen molar-refractivity contribution < 1.29 is 0 Å². The van der Waals surface area contributed by atoms with Crippen LogP contribution < -0.4 is 5.43 Å². The number of nitrogens with zero attached hydrogens (tertiary/aromatic N) is 2. The minimum Gasteiger partial charge on any atom is -0.253 e. The van der Waals surface area contributed by atoms with E-state index in [1.54, 1.807) is 24.4 Å². The summed E-state index contributed by atoms with van der Waals surface area (Å²) in [7, 11) is 0. The molecule has 0 saturated heterocycles. The molecule has 0 fully saturated rings. The van der Waals surface area contributed by atoms with Gasteiger partial charge in [-0.15, -0.1) is 11.3 Å². The van der Waals surface area contributed by atoms with Crippen LogP contribution in [0.4, 0.5) is 5.13 Å². The van der Waals surface area contributed by atoms with Crippen LogP contribution >= 0.6 is 34.5 Å². The van der Waals surface area contributed by atoms with Crippen LogP contribution in [0.1, 0.15) is 11.3 Å². The summed E-state index contributed by atoms with van der Waals surface area (Å²) in [6.45, 7) is 1.93. The van der Waals surface area contributed by atoms with Crippen molar-refractivity contribution in [2.45, 2.75) is 6.92 Å². The SMILES string of the molecule is Cc1csc(N/N=C\c2cc(Cl)ccc2Cl)n1. The highest BCUT2D eigenvalue weighted by Gasteiger charge is 1.98. The zero-order valence-corrected chi connectivity index (χ0v) is 11.3. The molecule has 0 saturated carbocycles. The smallest absolute Gasteiger partial charge is 0.203 e. The molecule has 0 radical (unpaired) electrons. The molecular formula is C11H9Cl2N3S. The monoisotopic (exact) mass is 285 g/mol. The van der Waals surface area contributed by atoms with E-state index in [2.05, 4.69) is 15.5 Å². The normalized spacial score (nSPS) is 11.0. The maximum atomic E-state index is 5.99. The second kappa shape index (κ2) is 5.49.